The van der Waals surface area contributed by atoms with Crippen LogP contribution in [-0.4, -0.2) is 32.0 Å². The smallest absolute Gasteiger partial charge is 0.119 e. The van der Waals surface area contributed by atoms with Gasteiger partial charge in [0.15, 0.2) is 0 Å². The average molecular weight is 321 g/mol. The Morgan fingerprint density at radius 3 is 2.57 bits per heavy atom. The van der Waals surface area contributed by atoms with Crippen molar-refractivity contribution >= 4 is 0 Å². The molecule has 1 aliphatic carbocycles. The first-order valence-electron chi connectivity index (χ1n) is 8.75. The summed E-state index contributed by atoms with van der Waals surface area (Å²) in [6, 6.07) is 6.01. The number of fused-ring (bicyclic) bond motifs is 1. The van der Waals surface area contributed by atoms with Crippen LogP contribution in [0.3, 0.4) is 0 Å². The van der Waals surface area contributed by atoms with E-state index in [1.807, 2.05) is 12.1 Å². The van der Waals surface area contributed by atoms with Gasteiger partial charge in [0.1, 0.15) is 11.4 Å². The molecule has 2 rings (SSSR count). The minimum absolute atomic E-state index is 0.237. The second kappa shape index (κ2) is 8.67. The van der Waals surface area contributed by atoms with Gasteiger partial charge >= 0.3 is 0 Å². The molecule has 3 N–H and O–H groups in total. The van der Waals surface area contributed by atoms with Gasteiger partial charge in [-0.1, -0.05) is 25.3 Å². The lowest BCUT2D eigenvalue weighted by molar-refractivity contribution is 0.0294. The highest BCUT2D eigenvalue weighted by Gasteiger charge is 2.30. The van der Waals surface area contributed by atoms with Crippen LogP contribution in [0.5, 0.6) is 5.75 Å². The molecule has 0 saturated carbocycles. The highest BCUT2D eigenvalue weighted by Crippen LogP contribution is 2.33. The molecule has 0 saturated heterocycles. The Bertz CT molecular complexity index is 492. The highest BCUT2D eigenvalue weighted by atomic mass is 16.5. The largest absolute Gasteiger partial charge is 0.497 e. The van der Waals surface area contributed by atoms with Crippen LogP contribution < -0.4 is 10.5 Å². The summed E-state index contributed by atoms with van der Waals surface area (Å²) in [5, 5.41) is 11.1. The lowest BCUT2D eigenvalue weighted by Crippen LogP contribution is -2.36. The van der Waals surface area contributed by atoms with Gasteiger partial charge in [0.05, 0.1) is 13.2 Å². The van der Waals surface area contributed by atoms with Crippen molar-refractivity contribution in [3.63, 3.8) is 0 Å². The Morgan fingerprint density at radius 1 is 1.17 bits per heavy atom. The predicted molar refractivity (Wildman–Crippen MR) is 92.8 cm³/mol. The molecule has 0 spiro atoms. The summed E-state index contributed by atoms with van der Waals surface area (Å²) in [5.74, 6) is 0.780. The number of hydrogen-bond donors (Lipinski definition) is 2. The molecule has 0 aromatic heterocycles. The van der Waals surface area contributed by atoms with Gasteiger partial charge in [-0.15, -0.1) is 0 Å². The van der Waals surface area contributed by atoms with E-state index < -0.39 is 5.60 Å². The molecule has 0 aliphatic heterocycles. The van der Waals surface area contributed by atoms with Crippen molar-refractivity contribution in [3.8, 4) is 5.75 Å². The van der Waals surface area contributed by atoms with Crippen LogP contribution in [0.1, 0.15) is 56.1 Å². The number of benzene rings is 1. The zero-order valence-electron chi connectivity index (χ0n) is 14.5. The molecule has 0 heterocycles. The van der Waals surface area contributed by atoms with Gasteiger partial charge in [0, 0.05) is 13.7 Å². The number of hydrogen-bond acceptors (Lipinski definition) is 4. The lowest BCUT2D eigenvalue weighted by Gasteiger charge is -2.30. The fourth-order valence-corrected chi connectivity index (χ4v) is 3.54. The van der Waals surface area contributed by atoms with E-state index in [1.54, 1.807) is 14.2 Å². The number of aryl methyl sites for hydroxylation is 1. The quantitative estimate of drug-likeness (QED) is 0.897. The van der Waals surface area contributed by atoms with Crippen molar-refractivity contribution in [2.75, 3.05) is 20.8 Å². The normalized spacial score (nSPS) is 26.7. The van der Waals surface area contributed by atoms with Gasteiger partial charge < -0.3 is 20.3 Å². The second-order valence-electron chi connectivity index (χ2n) is 6.61. The molecule has 1 aliphatic rings. The third kappa shape index (κ3) is 4.69. The second-order valence-corrected chi connectivity index (χ2v) is 6.61. The minimum Gasteiger partial charge on any atom is -0.497 e. The van der Waals surface area contributed by atoms with E-state index >= 15 is 0 Å². The Balaban J connectivity index is 2.28. The van der Waals surface area contributed by atoms with Gasteiger partial charge in [-0.25, -0.2) is 0 Å². The van der Waals surface area contributed by atoms with E-state index in [2.05, 4.69) is 6.07 Å². The molecular weight excluding hydrogens is 290 g/mol. The van der Waals surface area contributed by atoms with Crippen LogP contribution in [-0.2, 0) is 16.8 Å². The van der Waals surface area contributed by atoms with Gasteiger partial charge in [0.2, 0.25) is 0 Å². The topological polar surface area (TPSA) is 64.7 Å². The van der Waals surface area contributed by atoms with Crippen LogP contribution in [0.25, 0.3) is 0 Å². The summed E-state index contributed by atoms with van der Waals surface area (Å²) < 4.78 is 10.9. The molecule has 23 heavy (non-hydrogen) atoms. The SMILES string of the molecule is COc1ccc2c(c1)[C@@](O)(CN)CCCC[C@@H](OC)CCCC2. The van der Waals surface area contributed by atoms with Crippen molar-refractivity contribution in [2.45, 2.75) is 63.1 Å². The molecule has 0 unspecified atom stereocenters. The van der Waals surface area contributed by atoms with E-state index in [0.29, 0.717) is 12.5 Å². The monoisotopic (exact) mass is 321 g/mol. The fraction of sp³-hybridized carbons (Fsp3) is 0.684. The van der Waals surface area contributed by atoms with Gasteiger partial charge in [-0.05, 0) is 55.4 Å². The summed E-state index contributed by atoms with van der Waals surface area (Å²) in [5.41, 5.74) is 7.13. The maximum absolute atomic E-state index is 11.1. The van der Waals surface area contributed by atoms with E-state index in [4.69, 9.17) is 15.2 Å². The molecule has 130 valence electrons. The minimum atomic E-state index is -0.967. The third-order valence-electron chi connectivity index (χ3n) is 5.08. The highest BCUT2D eigenvalue weighted by molar-refractivity contribution is 5.40. The van der Waals surface area contributed by atoms with Gasteiger partial charge in [-0.2, -0.15) is 0 Å². The fourth-order valence-electron chi connectivity index (χ4n) is 3.54. The van der Waals surface area contributed by atoms with E-state index in [0.717, 1.165) is 56.3 Å². The number of methoxy groups -OCH3 is 2. The molecule has 0 fully saturated rings. The van der Waals surface area contributed by atoms with Crippen LogP contribution >= 0.6 is 0 Å². The lowest BCUT2D eigenvalue weighted by atomic mass is 9.83. The molecule has 0 radical (unpaired) electrons. The molecule has 0 amide bonds. The van der Waals surface area contributed by atoms with Crippen LogP contribution in [0, 0.1) is 0 Å². The maximum Gasteiger partial charge on any atom is 0.119 e. The number of nitrogens with two attached hydrogens (primary N) is 1. The Kier molecular flexibility index (Phi) is 6.88. The average Bonchev–Trinajstić information content (AvgIpc) is 2.59. The summed E-state index contributed by atoms with van der Waals surface area (Å²) in [7, 11) is 3.46. The van der Waals surface area contributed by atoms with Crippen LogP contribution in [0.2, 0.25) is 0 Å². The zero-order valence-corrected chi connectivity index (χ0v) is 14.5. The van der Waals surface area contributed by atoms with E-state index in [1.165, 1.54) is 5.56 Å². The molecule has 4 nitrogen and oxygen atoms in total. The summed E-state index contributed by atoms with van der Waals surface area (Å²) in [6.45, 7) is 0.237. The Labute approximate surface area is 140 Å². The number of ether oxygens (including phenoxy) is 2. The molecule has 1 aromatic carbocycles. The first kappa shape index (κ1) is 18.2. The van der Waals surface area contributed by atoms with Crippen molar-refractivity contribution in [2.24, 2.45) is 5.73 Å². The van der Waals surface area contributed by atoms with Gasteiger partial charge in [-0.3, -0.25) is 0 Å². The third-order valence-corrected chi connectivity index (χ3v) is 5.08. The van der Waals surface area contributed by atoms with Crippen LogP contribution in [0.15, 0.2) is 18.2 Å². The van der Waals surface area contributed by atoms with Crippen LogP contribution in [0.4, 0.5) is 0 Å². The Morgan fingerprint density at radius 2 is 1.91 bits per heavy atom. The molecule has 0 bridgehead atoms. The van der Waals surface area contributed by atoms with Crippen molar-refractivity contribution in [1.82, 2.24) is 0 Å². The van der Waals surface area contributed by atoms with E-state index in [9.17, 15) is 5.11 Å². The first-order chi connectivity index (χ1) is 11.1. The van der Waals surface area contributed by atoms with Crippen molar-refractivity contribution < 1.29 is 14.6 Å². The molecular formula is C19H31NO3. The van der Waals surface area contributed by atoms with Crippen molar-refractivity contribution in [3.05, 3.63) is 29.3 Å². The number of aliphatic hydroxyl groups is 1. The van der Waals surface area contributed by atoms with E-state index in [-0.39, 0.29) is 6.54 Å². The standard InChI is InChI=1S/C19H31NO3/c1-22-16-8-4-3-7-15-10-11-17(23-2)13-18(15)19(21,14-20)12-6-5-9-16/h10-11,13,16,21H,3-9,12,14,20H2,1-2H3/t16-,19-/m0/s1. The summed E-state index contributed by atoms with van der Waals surface area (Å²) in [4.78, 5) is 0. The predicted octanol–water partition coefficient (Wildman–Crippen LogP) is 3.14. The molecule has 2 atom stereocenters. The maximum atomic E-state index is 11.1. The summed E-state index contributed by atoms with van der Waals surface area (Å²) >= 11 is 0. The number of rotatable bonds is 3. The Hall–Kier alpha value is -1.10. The molecule has 1 aromatic rings. The first-order valence-corrected chi connectivity index (χ1v) is 8.75. The zero-order chi connectivity index (χ0) is 16.7. The molecule has 4 heteroatoms. The summed E-state index contributed by atoms with van der Waals surface area (Å²) in [6.07, 6.45) is 8.40. The van der Waals surface area contributed by atoms with Crippen molar-refractivity contribution in [1.29, 1.82) is 0 Å². The van der Waals surface area contributed by atoms with Gasteiger partial charge in [0.25, 0.3) is 0 Å².